The smallest absolute Gasteiger partial charge is 0.0802 e. The lowest BCUT2D eigenvalue weighted by molar-refractivity contribution is -0.0709. The molecule has 1 N–H and O–H groups in total. The van der Waals surface area contributed by atoms with Crippen molar-refractivity contribution in [2.45, 2.75) is 43.7 Å². The van der Waals surface area contributed by atoms with Gasteiger partial charge in [0.2, 0.25) is 0 Å². The molecular formula is C15H20BrNO. The summed E-state index contributed by atoms with van der Waals surface area (Å²) in [7, 11) is 1.85. The predicted octanol–water partition coefficient (Wildman–Crippen LogP) is 3.60. The van der Waals surface area contributed by atoms with E-state index in [1.165, 1.54) is 47.7 Å². The summed E-state index contributed by atoms with van der Waals surface area (Å²) in [6.07, 6.45) is 6.09. The van der Waals surface area contributed by atoms with Crippen LogP contribution in [-0.4, -0.2) is 19.3 Å². The first-order valence-corrected chi connectivity index (χ1v) is 7.59. The highest BCUT2D eigenvalue weighted by molar-refractivity contribution is 9.10. The van der Waals surface area contributed by atoms with Crippen LogP contribution in [-0.2, 0) is 11.2 Å². The molecule has 0 aromatic heterocycles. The summed E-state index contributed by atoms with van der Waals surface area (Å²) in [5.41, 5.74) is 3.07. The molecule has 0 aliphatic heterocycles. The Hall–Kier alpha value is -0.380. The lowest BCUT2D eigenvalue weighted by atomic mass is 9.80. The minimum atomic E-state index is 0.120. The Bertz CT molecular complexity index is 437. The Morgan fingerprint density at radius 1 is 1.44 bits per heavy atom. The average Bonchev–Trinajstić information content (AvgIpc) is 2.73. The second-order valence-electron chi connectivity index (χ2n) is 5.52. The summed E-state index contributed by atoms with van der Waals surface area (Å²) in [5, 5.41) is 3.71. The van der Waals surface area contributed by atoms with Crippen molar-refractivity contribution in [1.29, 1.82) is 0 Å². The third-order valence-electron chi connectivity index (χ3n) is 4.58. The van der Waals surface area contributed by atoms with Gasteiger partial charge in [-0.25, -0.2) is 0 Å². The van der Waals surface area contributed by atoms with E-state index in [4.69, 9.17) is 4.74 Å². The average molecular weight is 310 g/mol. The Morgan fingerprint density at radius 3 is 2.94 bits per heavy atom. The topological polar surface area (TPSA) is 21.3 Å². The number of nitrogens with one attached hydrogen (secondary N) is 1. The monoisotopic (exact) mass is 309 g/mol. The van der Waals surface area contributed by atoms with Crippen LogP contribution < -0.4 is 5.32 Å². The van der Waals surface area contributed by atoms with E-state index in [2.05, 4.69) is 39.4 Å². The van der Waals surface area contributed by atoms with Gasteiger partial charge in [0, 0.05) is 24.2 Å². The van der Waals surface area contributed by atoms with Gasteiger partial charge < -0.3 is 10.1 Å². The van der Waals surface area contributed by atoms with Gasteiger partial charge >= 0.3 is 0 Å². The molecule has 1 aromatic rings. The van der Waals surface area contributed by atoms with Crippen molar-refractivity contribution in [3.8, 4) is 0 Å². The van der Waals surface area contributed by atoms with Crippen molar-refractivity contribution in [2.75, 3.05) is 13.7 Å². The summed E-state index contributed by atoms with van der Waals surface area (Å²) < 4.78 is 6.93. The zero-order chi connectivity index (χ0) is 12.6. The number of hydrogen-bond donors (Lipinski definition) is 1. The van der Waals surface area contributed by atoms with Gasteiger partial charge in [-0.3, -0.25) is 0 Å². The Balaban J connectivity index is 1.68. The largest absolute Gasteiger partial charge is 0.377 e. The van der Waals surface area contributed by atoms with E-state index in [9.17, 15) is 0 Å². The molecule has 2 aliphatic carbocycles. The highest BCUT2D eigenvalue weighted by Crippen LogP contribution is 2.38. The molecule has 1 fully saturated rings. The van der Waals surface area contributed by atoms with Gasteiger partial charge in [0.25, 0.3) is 0 Å². The molecule has 2 nitrogen and oxygen atoms in total. The zero-order valence-corrected chi connectivity index (χ0v) is 12.4. The van der Waals surface area contributed by atoms with Crippen molar-refractivity contribution >= 4 is 15.9 Å². The van der Waals surface area contributed by atoms with Gasteiger partial charge in [0.05, 0.1) is 5.60 Å². The highest BCUT2D eigenvalue weighted by atomic mass is 79.9. The summed E-state index contributed by atoms with van der Waals surface area (Å²) in [4.78, 5) is 0. The number of halogens is 1. The second kappa shape index (κ2) is 4.95. The quantitative estimate of drug-likeness (QED) is 0.917. The van der Waals surface area contributed by atoms with Crippen LogP contribution in [0.2, 0.25) is 0 Å². The third-order valence-corrected chi connectivity index (χ3v) is 5.32. The molecule has 3 rings (SSSR count). The van der Waals surface area contributed by atoms with Gasteiger partial charge in [-0.15, -0.1) is 0 Å². The van der Waals surface area contributed by atoms with Crippen molar-refractivity contribution in [3.63, 3.8) is 0 Å². The maximum Gasteiger partial charge on any atom is 0.0802 e. The standard InChI is InChI=1S/C15H20BrNO/c1-18-15(8-3-9-15)10-17-14-7-6-11-12(14)4-2-5-13(11)16/h2,4-5,14,17H,3,6-10H2,1H3. The van der Waals surface area contributed by atoms with E-state index in [1.807, 2.05) is 7.11 Å². The molecule has 98 valence electrons. The number of methoxy groups -OCH3 is 1. The molecular weight excluding hydrogens is 290 g/mol. The zero-order valence-electron chi connectivity index (χ0n) is 10.8. The predicted molar refractivity (Wildman–Crippen MR) is 76.8 cm³/mol. The fraction of sp³-hybridized carbons (Fsp3) is 0.600. The van der Waals surface area contributed by atoms with Crippen molar-refractivity contribution in [3.05, 3.63) is 33.8 Å². The van der Waals surface area contributed by atoms with Crippen LogP contribution >= 0.6 is 15.9 Å². The molecule has 1 unspecified atom stereocenters. The summed E-state index contributed by atoms with van der Waals surface area (Å²) in [6, 6.07) is 7.04. The van der Waals surface area contributed by atoms with Crippen LogP contribution in [0.4, 0.5) is 0 Å². The Morgan fingerprint density at radius 2 is 2.28 bits per heavy atom. The van der Waals surface area contributed by atoms with Crippen LogP contribution in [0.25, 0.3) is 0 Å². The minimum absolute atomic E-state index is 0.120. The normalized spacial score (nSPS) is 24.7. The van der Waals surface area contributed by atoms with E-state index < -0.39 is 0 Å². The summed E-state index contributed by atoms with van der Waals surface area (Å²) in [6.45, 7) is 0.986. The lowest BCUT2D eigenvalue weighted by Gasteiger charge is -2.41. The Kier molecular flexibility index (Phi) is 3.48. The third kappa shape index (κ3) is 2.13. The van der Waals surface area contributed by atoms with Crippen molar-refractivity contribution in [1.82, 2.24) is 5.32 Å². The van der Waals surface area contributed by atoms with Gasteiger partial charge in [0.1, 0.15) is 0 Å². The second-order valence-corrected chi connectivity index (χ2v) is 6.37. The van der Waals surface area contributed by atoms with Gasteiger partial charge in [-0.2, -0.15) is 0 Å². The highest BCUT2D eigenvalue weighted by Gasteiger charge is 2.37. The molecule has 0 bridgehead atoms. The van der Waals surface area contributed by atoms with Crippen LogP contribution in [0.1, 0.15) is 42.9 Å². The van der Waals surface area contributed by atoms with Crippen LogP contribution in [0, 0.1) is 0 Å². The Labute approximate surface area is 117 Å². The van der Waals surface area contributed by atoms with E-state index in [1.54, 1.807) is 0 Å². The maximum atomic E-state index is 5.67. The summed E-state index contributed by atoms with van der Waals surface area (Å²) >= 11 is 3.65. The number of ether oxygens (including phenoxy) is 1. The van der Waals surface area contributed by atoms with Crippen LogP contribution in [0.15, 0.2) is 22.7 Å². The molecule has 0 heterocycles. The fourth-order valence-corrected chi connectivity index (χ4v) is 3.73. The molecule has 2 aliphatic rings. The van der Waals surface area contributed by atoms with Crippen LogP contribution in [0.5, 0.6) is 0 Å². The molecule has 1 saturated carbocycles. The van der Waals surface area contributed by atoms with Gasteiger partial charge in [0.15, 0.2) is 0 Å². The molecule has 1 atom stereocenters. The molecule has 0 spiro atoms. The molecule has 1 aromatic carbocycles. The maximum absolute atomic E-state index is 5.67. The van der Waals surface area contributed by atoms with Crippen LogP contribution in [0.3, 0.4) is 0 Å². The number of rotatable bonds is 4. The summed E-state index contributed by atoms with van der Waals surface area (Å²) in [5.74, 6) is 0. The first-order chi connectivity index (χ1) is 8.74. The van der Waals surface area contributed by atoms with Crippen molar-refractivity contribution < 1.29 is 4.74 Å². The molecule has 0 saturated heterocycles. The van der Waals surface area contributed by atoms with Gasteiger partial charge in [-0.1, -0.05) is 28.1 Å². The lowest BCUT2D eigenvalue weighted by Crippen LogP contribution is -2.48. The number of fused-ring (bicyclic) bond motifs is 1. The fourth-order valence-electron chi connectivity index (χ4n) is 3.16. The molecule has 18 heavy (non-hydrogen) atoms. The van der Waals surface area contributed by atoms with E-state index >= 15 is 0 Å². The molecule has 0 radical (unpaired) electrons. The van der Waals surface area contributed by atoms with E-state index in [0.29, 0.717) is 6.04 Å². The number of hydrogen-bond acceptors (Lipinski definition) is 2. The molecule has 3 heteroatoms. The SMILES string of the molecule is COC1(CNC2CCc3c(Br)cccc32)CCC1. The van der Waals surface area contributed by atoms with Crippen molar-refractivity contribution in [2.24, 2.45) is 0 Å². The van der Waals surface area contributed by atoms with E-state index in [-0.39, 0.29) is 5.60 Å². The van der Waals surface area contributed by atoms with E-state index in [0.717, 1.165) is 6.54 Å². The first-order valence-electron chi connectivity index (χ1n) is 6.80. The molecule has 0 amide bonds. The first kappa shape index (κ1) is 12.6. The number of benzene rings is 1. The minimum Gasteiger partial charge on any atom is -0.377 e. The van der Waals surface area contributed by atoms with Gasteiger partial charge in [-0.05, 0) is 49.3 Å².